The van der Waals surface area contributed by atoms with Gasteiger partial charge < -0.3 is 5.32 Å². The molecule has 0 fully saturated rings. The summed E-state index contributed by atoms with van der Waals surface area (Å²) < 4.78 is 12.7. The van der Waals surface area contributed by atoms with E-state index in [1.807, 2.05) is 0 Å². The normalized spacial score (nSPS) is 11.9. The first-order chi connectivity index (χ1) is 9.47. The zero-order valence-electron chi connectivity index (χ0n) is 10.1. The molecule has 0 aromatic carbocycles. The molecule has 1 atom stereocenters. The summed E-state index contributed by atoms with van der Waals surface area (Å²) in [5.41, 5.74) is -0.330. The molecule has 20 heavy (non-hydrogen) atoms. The lowest BCUT2D eigenvalue weighted by atomic mass is 10.3. The van der Waals surface area contributed by atoms with Crippen molar-refractivity contribution < 1.29 is 9.31 Å². The maximum absolute atomic E-state index is 12.7. The molecule has 0 aliphatic rings. The van der Waals surface area contributed by atoms with Crippen LogP contribution < -0.4 is 5.32 Å². The Bertz CT molecular complexity index is 638. The minimum absolute atomic E-state index is 0.0598. The number of nitrogens with one attached hydrogen (secondary N) is 1. The van der Waals surface area contributed by atoms with Crippen molar-refractivity contribution in [2.45, 2.75) is 13.0 Å². The summed E-state index contributed by atoms with van der Waals surface area (Å²) in [5, 5.41) is 13.5. The van der Waals surface area contributed by atoms with E-state index in [0.717, 1.165) is 18.6 Å². The van der Waals surface area contributed by atoms with E-state index in [9.17, 15) is 14.5 Å². The van der Waals surface area contributed by atoms with Gasteiger partial charge in [-0.05, 0) is 18.5 Å². The highest BCUT2D eigenvalue weighted by Gasteiger charge is 2.20. The van der Waals surface area contributed by atoms with Crippen molar-refractivity contribution in [3.63, 3.8) is 0 Å². The predicted octanol–water partition coefficient (Wildman–Crippen LogP) is 2.14. The van der Waals surface area contributed by atoms with Crippen LogP contribution in [0.2, 0.25) is 5.28 Å². The van der Waals surface area contributed by atoms with Gasteiger partial charge in [-0.25, -0.2) is 19.3 Å². The molecule has 2 heterocycles. The number of nitro groups is 1. The van der Waals surface area contributed by atoms with E-state index in [-0.39, 0.29) is 22.6 Å². The SMILES string of the molecule is CC(Nc1nc(Cl)ncc1[N+](=O)[O-])c1ncc(F)cn1. The topological polar surface area (TPSA) is 107 Å². The van der Waals surface area contributed by atoms with Crippen LogP contribution in [0.1, 0.15) is 18.8 Å². The van der Waals surface area contributed by atoms with Gasteiger partial charge in [-0.1, -0.05) is 0 Å². The van der Waals surface area contributed by atoms with Crippen molar-refractivity contribution in [3.05, 3.63) is 45.6 Å². The molecule has 104 valence electrons. The van der Waals surface area contributed by atoms with Gasteiger partial charge in [0.15, 0.2) is 5.82 Å². The number of aromatic nitrogens is 4. The lowest BCUT2D eigenvalue weighted by Gasteiger charge is -2.12. The van der Waals surface area contributed by atoms with Gasteiger partial charge in [0.25, 0.3) is 0 Å². The summed E-state index contributed by atoms with van der Waals surface area (Å²) >= 11 is 5.61. The summed E-state index contributed by atoms with van der Waals surface area (Å²) in [4.78, 5) is 25.1. The molecule has 0 saturated carbocycles. The van der Waals surface area contributed by atoms with Crippen molar-refractivity contribution in [1.29, 1.82) is 0 Å². The van der Waals surface area contributed by atoms with Crippen molar-refractivity contribution in [3.8, 4) is 0 Å². The van der Waals surface area contributed by atoms with Crippen LogP contribution in [0.25, 0.3) is 0 Å². The Balaban J connectivity index is 2.27. The van der Waals surface area contributed by atoms with Gasteiger partial charge in [0, 0.05) is 0 Å². The Morgan fingerprint density at radius 2 is 2.00 bits per heavy atom. The highest BCUT2D eigenvalue weighted by atomic mass is 35.5. The molecule has 0 saturated heterocycles. The summed E-state index contributed by atoms with van der Waals surface area (Å²) in [6.45, 7) is 1.65. The van der Waals surface area contributed by atoms with E-state index in [4.69, 9.17) is 11.6 Å². The summed E-state index contributed by atoms with van der Waals surface area (Å²) in [6.07, 6.45) is 3.00. The molecule has 2 rings (SSSR count). The van der Waals surface area contributed by atoms with Crippen molar-refractivity contribution in [1.82, 2.24) is 19.9 Å². The Kier molecular flexibility index (Phi) is 3.99. The summed E-state index contributed by atoms with van der Waals surface area (Å²) in [7, 11) is 0. The maximum Gasteiger partial charge on any atom is 0.329 e. The Hall–Kier alpha value is -2.42. The number of hydrogen-bond donors (Lipinski definition) is 1. The Morgan fingerprint density at radius 1 is 1.35 bits per heavy atom. The van der Waals surface area contributed by atoms with Gasteiger partial charge in [0.2, 0.25) is 11.1 Å². The van der Waals surface area contributed by atoms with Crippen LogP contribution in [0.15, 0.2) is 18.6 Å². The van der Waals surface area contributed by atoms with Crippen molar-refractivity contribution in [2.75, 3.05) is 5.32 Å². The van der Waals surface area contributed by atoms with Gasteiger partial charge in [0.05, 0.1) is 23.4 Å². The molecule has 0 aliphatic heterocycles. The molecule has 2 aromatic rings. The molecule has 0 bridgehead atoms. The van der Waals surface area contributed by atoms with Gasteiger partial charge in [-0.2, -0.15) is 4.98 Å². The summed E-state index contributed by atoms with van der Waals surface area (Å²) in [6, 6.07) is -0.528. The molecule has 8 nitrogen and oxygen atoms in total. The minimum Gasteiger partial charge on any atom is -0.354 e. The van der Waals surface area contributed by atoms with Gasteiger partial charge >= 0.3 is 5.69 Å². The molecule has 0 aliphatic carbocycles. The Morgan fingerprint density at radius 3 is 2.60 bits per heavy atom. The number of rotatable bonds is 4. The molecular weight excluding hydrogens is 291 g/mol. The van der Waals surface area contributed by atoms with Crippen LogP contribution >= 0.6 is 11.6 Å². The zero-order chi connectivity index (χ0) is 14.7. The lowest BCUT2D eigenvalue weighted by Crippen LogP contribution is -2.13. The van der Waals surface area contributed by atoms with Gasteiger partial charge in [0.1, 0.15) is 12.0 Å². The van der Waals surface area contributed by atoms with E-state index in [1.165, 1.54) is 0 Å². The quantitative estimate of drug-likeness (QED) is 0.523. The van der Waals surface area contributed by atoms with Crippen LogP contribution in [-0.2, 0) is 0 Å². The predicted molar refractivity (Wildman–Crippen MR) is 67.7 cm³/mol. The molecule has 0 amide bonds. The van der Waals surface area contributed by atoms with Gasteiger partial charge in [-0.3, -0.25) is 10.1 Å². The maximum atomic E-state index is 12.7. The van der Waals surface area contributed by atoms with Crippen LogP contribution in [0.3, 0.4) is 0 Å². The third-order valence-electron chi connectivity index (χ3n) is 2.32. The minimum atomic E-state index is -0.642. The van der Waals surface area contributed by atoms with E-state index in [2.05, 4.69) is 25.3 Å². The molecule has 0 radical (unpaired) electrons. The smallest absolute Gasteiger partial charge is 0.329 e. The Labute approximate surface area is 117 Å². The highest BCUT2D eigenvalue weighted by molar-refractivity contribution is 6.28. The fourth-order valence-electron chi connectivity index (χ4n) is 1.41. The average Bonchev–Trinajstić information content (AvgIpc) is 2.39. The first-order valence-electron chi connectivity index (χ1n) is 5.38. The summed E-state index contributed by atoms with van der Waals surface area (Å²) in [5.74, 6) is -0.372. The van der Waals surface area contributed by atoms with Crippen LogP contribution in [-0.4, -0.2) is 24.9 Å². The number of anilines is 1. The average molecular weight is 299 g/mol. The number of halogens is 2. The van der Waals surface area contributed by atoms with Gasteiger partial charge in [-0.15, -0.1) is 0 Å². The van der Waals surface area contributed by atoms with Crippen molar-refractivity contribution >= 4 is 23.1 Å². The molecule has 1 N–H and O–H groups in total. The van der Waals surface area contributed by atoms with E-state index >= 15 is 0 Å². The first kappa shape index (κ1) is 14.0. The molecule has 2 aromatic heterocycles. The van der Waals surface area contributed by atoms with E-state index in [0.29, 0.717) is 0 Å². The van der Waals surface area contributed by atoms with E-state index in [1.54, 1.807) is 6.92 Å². The second-order valence-electron chi connectivity index (χ2n) is 3.76. The highest BCUT2D eigenvalue weighted by Crippen LogP contribution is 2.25. The molecule has 10 heteroatoms. The molecular formula is C10H8ClFN6O2. The monoisotopic (exact) mass is 298 g/mol. The fourth-order valence-corrected chi connectivity index (χ4v) is 1.54. The third kappa shape index (κ3) is 3.12. The van der Waals surface area contributed by atoms with Crippen molar-refractivity contribution in [2.24, 2.45) is 0 Å². The fraction of sp³-hybridized carbons (Fsp3) is 0.200. The molecule has 1 unspecified atom stereocenters. The third-order valence-corrected chi connectivity index (χ3v) is 2.50. The standard InChI is InChI=1S/C10H8ClFN6O2/c1-5(8-13-2-6(12)3-14-8)16-9-7(18(19)20)4-15-10(11)17-9/h2-5H,1H3,(H,15,16,17). The zero-order valence-corrected chi connectivity index (χ0v) is 10.9. The first-order valence-corrected chi connectivity index (χ1v) is 5.76. The largest absolute Gasteiger partial charge is 0.354 e. The molecule has 0 spiro atoms. The second-order valence-corrected chi connectivity index (χ2v) is 4.09. The second kappa shape index (κ2) is 5.70. The lowest BCUT2D eigenvalue weighted by molar-refractivity contribution is -0.384. The van der Waals surface area contributed by atoms with Crippen LogP contribution in [0.5, 0.6) is 0 Å². The van der Waals surface area contributed by atoms with E-state index < -0.39 is 16.8 Å². The number of hydrogen-bond acceptors (Lipinski definition) is 7. The van der Waals surface area contributed by atoms with Crippen LogP contribution in [0, 0.1) is 15.9 Å². The van der Waals surface area contributed by atoms with Crippen LogP contribution in [0.4, 0.5) is 15.9 Å². The number of nitrogens with zero attached hydrogens (tertiary/aromatic N) is 5.